The predicted molar refractivity (Wildman–Crippen MR) is 122 cm³/mol. The largest absolute Gasteiger partial charge is 0.496 e. The zero-order valence-electron chi connectivity index (χ0n) is 18.1. The number of aryl methyl sites for hydroxylation is 1. The lowest BCUT2D eigenvalue weighted by atomic mass is 10.1. The summed E-state index contributed by atoms with van der Waals surface area (Å²) in [7, 11) is 1.65. The molecular formula is C22H27ClN6O2. The van der Waals surface area contributed by atoms with E-state index in [9.17, 15) is 4.79 Å². The third-order valence-corrected chi connectivity index (χ3v) is 6.15. The van der Waals surface area contributed by atoms with E-state index in [1.54, 1.807) is 13.3 Å². The van der Waals surface area contributed by atoms with Crippen molar-refractivity contribution in [3.05, 3.63) is 50.2 Å². The molecule has 1 aliphatic heterocycles. The second-order valence-corrected chi connectivity index (χ2v) is 8.42. The number of likely N-dealkylation sites (tertiary alicyclic amines) is 1. The highest BCUT2D eigenvalue weighted by atomic mass is 35.5. The first-order valence-corrected chi connectivity index (χ1v) is 10.8. The van der Waals surface area contributed by atoms with Crippen molar-refractivity contribution in [1.82, 2.24) is 24.4 Å². The number of aromatic nitrogens is 4. The number of methoxy groups -OCH3 is 1. The van der Waals surface area contributed by atoms with E-state index in [4.69, 9.17) is 22.1 Å². The maximum Gasteiger partial charge on any atom is 0.223 e. The van der Waals surface area contributed by atoms with Gasteiger partial charge in [-0.15, -0.1) is 0 Å². The van der Waals surface area contributed by atoms with E-state index in [1.807, 2.05) is 24.6 Å². The minimum absolute atomic E-state index is 0.0283. The number of nitrogens with zero attached hydrogens (tertiary/aromatic N) is 5. The molecule has 1 fully saturated rings. The van der Waals surface area contributed by atoms with E-state index in [2.05, 4.69) is 19.9 Å². The molecule has 31 heavy (non-hydrogen) atoms. The number of pyridine rings is 2. The first kappa shape index (κ1) is 21.5. The fraction of sp³-hybridized carbons (Fsp3) is 0.455. The standard InChI is InChI=1S/C22H27ClN6O2/c1-13-9-25-16(14(2)19(13)31-3)12-29-11-15(10-28-7-5-4-6-8-28)18(30)17-20(23)26-22(24)27-21(17)29/h9,11H,4-8,10,12H2,1-3H3,(H2,24,26,27). The van der Waals surface area contributed by atoms with Gasteiger partial charge in [0.1, 0.15) is 16.3 Å². The molecule has 0 radical (unpaired) electrons. The van der Waals surface area contributed by atoms with Gasteiger partial charge >= 0.3 is 0 Å². The number of nitrogen functional groups attached to an aromatic ring is 1. The highest BCUT2D eigenvalue weighted by molar-refractivity contribution is 6.34. The van der Waals surface area contributed by atoms with Gasteiger partial charge < -0.3 is 15.0 Å². The highest BCUT2D eigenvalue weighted by Crippen LogP contribution is 2.26. The minimum Gasteiger partial charge on any atom is -0.496 e. The van der Waals surface area contributed by atoms with Crippen LogP contribution < -0.4 is 15.9 Å². The Morgan fingerprint density at radius 2 is 1.90 bits per heavy atom. The number of nitrogens with two attached hydrogens (primary N) is 1. The summed E-state index contributed by atoms with van der Waals surface area (Å²) in [6.07, 6.45) is 7.17. The van der Waals surface area contributed by atoms with Crippen LogP contribution in [0.2, 0.25) is 5.15 Å². The molecule has 0 aromatic carbocycles. The summed E-state index contributed by atoms with van der Waals surface area (Å²) in [5.41, 5.74) is 9.52. The lowest BCUT2D eigenvalue weighted by Gasteiger charge is -2.26. The second-order valence-electron chi connectivity index (χ2n) is 8.07. The first-order chi connectivity index (χ1) is 14.9. The van der Waals surface area contributed by atoms with Crippen molar-refractivity contribution in [2.24, 2.45) is 0 Å². The van der Waals surface area contributed by atoms with Gasteiger partial charge in [-0.1, -0.05) is 18.0 Å². The summed E-state index contributed by atoms with van der Waals surface area (Å²) in [6, 6.07) is 0. The number of ether oxygens (including phenoxy) is 1. The normalized spacial score (nSPS) is 14.8. The van der Waals surface area contributed by atoms with Crippen LogP contribution in [0.4, 0.5) is 5.95 Å². The Morgan fingerprint density at radius 1 is 1.16 bits per heavy atom. The number of anilines is 1. The molecule has 164 valence electrons. The average molecular weight is 443 g/mol. The van der Waals surface area contributed by atoms with E-state index in [1.165, 1.54) is 6.42 Å². The fourth-order valence-electron chi connectivity index (χ4n) is 4.29. The molecule has 2 N–H and O–H groups in total. The van der Waals surface area contributed by atoms with E-state index in [0.717, 1.165) is 48.5 Å². The van der Waals surface area contributed by atoms with E-state index in [0.29, 0.717) is 29.7 Å². The zero-order valence-corrected chi connectivity index (χ0v) is 18.9. The van der Waals surface area contributed by atoms with Gasteiger partial charge in [-0.25, -0.2) is 4.98 Å². The van der Waals surface area contributed by atoms with Gasteiger partial charge in [-0.2, -0.15) is 4.98 Å². The molecule has 0 amide bonds. The van der Waals surface area contributed by atoms with Crippen molar-refractivity contribution in [3.8, 4) is 5.75 Å². The molecule has 0 atom stereocenters. The van der Waals surface area contributed by atoms with Crippen molar-refractivity contribution in [2.75, 3.05) is 25.9 Å². The Bertz CT molecular complexity index is 1190. The SMILES string of the molecule is COc1c(C)cnc(Cn2cc(CN3CCCCC3)c(=O)c3c(Cl)nc(N)nc32)c1C. The number of rotatable bonds is 5. The maximum atomic E-state index is 13.3. The fourth-order valence-corrected chi connectivity index (χ4v) is 4.55. The number of fused-ring (bicyclic) bond motifs is 1. The third-order valence-electron chi connectivity index (χ3n) is 5.88. The minimum atomic E-state index is -0.145. The third kappa shape index (κ3) is 4.22. The van der Waals surface area contributed by atoms with Crippen LogP contribution in [0.15, 0.2) is 17.2 Å². The Hall–Kier alpha value is -2.71. The van der Waals surface area contributed by atoms with Gasteiger partial charge in [0.05, 0.1) is 19.3 Å². The Balaban J connectivity index is 1.85. The van der Waals surface area contributed by atoms with Crippen LogP contribution in [-0.4, -0.2) is 44.6 Å². The van der Waals surface area contributed by atoms with Crippen LogP contribution >= 0.6 is 11.6 Å². The van der Waals surface area contributed by atoms with Gasteiger partial charge in [-0.3, -0.25) is 14.7 Å². The molecule has 4 rings (SSSR count). The molecule has 0 aliphatic carbocycles. The molecular weight excluding hydrogens is 416 g/mol. The van der Waals surface area contributed by atoms with Crippen molar-refractivity contribution in [2.45, 2.75) is 46.2 Å². The van der Waals surface area contributed by atoms with Crippen molar-refractivity contribution in [1.29, 1.82) is 0 Å². The number of piperidine rings is 1. The van der Waals surface area contributed by atoms with Crippen molar-refractivity contribution in [3.63, 3.8) is 0 Å². The van der Waals surface area contributed by atoms with E-state index >= 15 is 0 Å². The van der Waals surface area contributed by atoms with Gasteiger partial charge in [0.15, 0.2) is 11.1 Å². The van der Waals surface area contributed by atoms with Gasteiger partial charge in [0.25, 0.3) is 0 Å². The number of halogens is 1. The summed E-state index contributed by atoms with van der Waals surface area (Å²) in [4.78, 5) is 28.5. The maximum absolute atomic E-state index is 13.3. The summed E-state index contributed by atoms with van der Waals surface area (Å²) in [5.74, 6) is 0.830. The molecule has 9 heteroatoms. The van der Waals surface area contributed by atoms with Crippen molar-refractivity contribution >= 4 is 28.6 Å². The smallest absolute Gasteiger partial charge is 0.223 e. The second kappa shape index (κ2) is 8.80. The van der Waals surface area contributed by atoms with Crippen LogP contribution in [0, 0.1) is 13.8 Å². The molecule has 1 aliphatic rings. The molecule has 4 heterocycles. The van der Waals surface area contributed by atoms with Crippen LogP contribution in [0.5, 0.6) is 5.75 Å². The van der Waals surface area contributed by atoms with Crippen LogP contribution in [-0.2, 0) is 13.1 Å². The number of hydrogen-bond acceptors (Lipinski definition) is 7. The molecule has 3 aromatic rings. The predicted octanol–water partition coefficient (Wildman–Crippen LogP) is 3.08. The lowest BCUT2D eigenvalue weighted by Crippen LogP contribution is -2.32. The molecule has 0 bridgehead atoms. The van der Waals surface area contributed by atoms with Gasteiger partial charge in [0, 0.05) is 35.6 Å². The lowest BCUT2D eigenvalue weighted by molar-refractivity contribution is 0.220. The quantitative estimate of drug-likeness (QED) is 0.606. The van der Waals surface area contributed by atoms with Crippen LogP contribution in [0.25, 0.3) is 11.0 Å². The van der Waals surface area contributed by atoms with Gasteiger partial charge in [0.2, 0.25) is 5.95 Å². The average Bonchev–Trinajstić information content (AvgIpc) is 2.74. The summed E-state index contributed by atoms with van der Waals surface area (Å²) in [5, 5.41) is 0.370. The molecule has 1 saturated heterocycles. The Kier molecular flexibility index (Phi) is 6.11. The van der Waals surface area contributed by atoms with E-state index < -0.39 is 0 Å². The van der Waals surface area contributed by atoms with Crippen LogP contribution in [0.1, 0.15) is 41.6 Å². The van der Waals surface area contributed by atoms with Crippen LogP contribution in [0.3, 0.4) is 0 Å². The molecule has 8 nitrogen and oxygen atoms in total. The Morgan fingerprint density at radius 3 is 2.61 bits per heavy atom. The Labute approximate surface area is 186 Å². The monoisotopic (exact) mass is 442 g/mol. The highest BCUT2D eigenvalue weighted by Gasteiger charge is 2.20. The molecule has 0 unspecified atom stereocenters. The first-order valence-electron chi connectivity index (χ1n) is 10.5. The molecule has 3 aromatic heterocycles. The van der Waals surface area contributed by atoms with Gasteiger partial charge in [-0.05, 0) is 39.8 Å². The number of hydrogen-bond donors (Lipinski definition) is 1. The van der Waals surface area contributed by atoms with E-state index in [-0.39, 0.29) is 16.5 Å². The van der Waals surface area contributed by atoms with Crippen molar-refractivity contribution < 1.29 is 4.74 Å². The molecule has 0 saturated carbocycles. The summed E-state index contributed by atoms with van der Waals surface area (Å²) >= 11 is 6.36. The molecule has 0 spiro atoms. The topological polar surface area (TPSA) is 99.2 Å². The summed E-state index contributed by atoms with van der Waals surface area (Å²) in [6.45, 7) is 6.88. The summed E-state index contributed by atoms with van der Waals surface area (Å²) < 4.78 is 7.44. The zero-order chi connectivity index (χ0) is 22.1.